The fraction of sp³-hybridized carbons (Fsp3) is 0.286. The first kappa shape index (κ1) is 21.9. The quantitative estimate of drug-likeness (QED) is 0.572. The second kappa shape index (κ2) is 8.65. The zero-order valence-electron chi connectivity index (χ0n) is 16.6. The van der Waals surface area contributed by atoms with Crippen molar-refractivity contribution < 1.29 is 26.7 Å². The molecule has 1 aliphatic heterocycles. The zero-order chi connectivity index (χ0) is 22.9. The van der Waals surface area contributed by atoms with Crippen molar-refractivity contribution in [3.8, 4) is 5.82 Å². The third kappa shape index (κ3) is 4.62. The van der Waals surface area contributed by atoms with Gasteiger partial charge >= 0.3 is 6.18 Å². The number of nitrogens with one attached hydrogen (secondary N) is 2. The lowest BCUT2D eigenvalue weighted by Crippen LogP contribution is -2.17. The van der Waals surface area contributed by atoms with Gasteiger partial charge in [0, 0.05) is 12.3 Å². The van der Waals surface area contributed by atoms with E-state index in [2.05, 4.69) is 20.6 Å². The summed E-state index contributed by atoms with van der Waals surface area (Å²) in [6.07, 6.45) is 0.747. The Bertz CT molecular complexity index is 1140. The maximum absolute atomic E-state index is 14.6. The molecule has 1 saturated heterocycles. The average molecular weight is 451 g/mol. The molecule has 11 heteroatoms. The molecule has 0 bridgehead atoms. The van der Waals surface area contributed by atoms with Crippen LogP contribution < -0.4 is 10.6 Å². The molecular formula is C21H18F5N5O. The largest absolute Gasteiger partial charge is 0.419 e. The van der Waals surface area contributed by atoms with Crippen molar-refractivity contribution in [2.75, 3.05) is 11.9 Å². The molecule has 6 nitrogen and oxygen atoms in total. The van der Waals surface area contributed by atoms with Crippen molar-refractivity contribution in [2.24, 2.45) is 0 Å². The molecule has 0 spiro atoms. The van der Waals surface area contributed by atoms with E-state index in [1.165, 1.54) is 17.1 Å². The van der Waals surface area contributed by atoms with Crippen LogP contribution in [0.1, 0.15) is 35.7 Å². The molecule has 0 saturated carbocycles. The predicted molar refractivity (Wildman–Crippen MR) is 105 cm³/mol. The third-order valence-corrected chi connectivity index (χ3v) is 5.11. The first-order valence-electron chi connectivity index (χ1n) is 9.80. The van der Waals surface area contributed by atoms with Crippen LogP contribution in [0.3, 0.4) is 0 Å². The molecule has 0 unspecified atom stereocenters. The molecule has 3 aromatic rings. The van der Waals surface area contributed by atoms with E-state index < -0.39 is 41.3 Å². The summed E-state index contributed by atoms with van der Waals surface area (Å²) in [6, 6.07) is 3.83. The van der Waals surface area contributed by atoms with Crippen LogP contribution in [0.15, 0.2) is 43.0 Å². The predicted octanol–water partition coefficient (Wildman–Crippen LogP) is 4.17. The van der Waals surface area contributed by atoms with E-state index in [-0.39, 0.29) is 17.5 Å². The number of halogens is 5. The van der Waals surface area contributed by atoms with Crippen LogP contribution >= 0.6 is 0 Å². The molecular weight excluding hydrogens is 433 g/mol. The van der Waals surface area contributed by atoms with Gasteiger partial charge in [-0.2, -0.15) is 13.2 Å². The summed E-state index contributed by atoms with van der Waals surface area (Å²) in [5.41, 5.74) is -1.12. The Balaban J connectivity index is 1.46. The van der Waals surface area contributed by atoms with Gasteiger partial charge < -0.3 is 10.6 Å². The highest BCUT2D eigenvalue weighted by Gasteiger charge is 2.35. The molecule has 2 N–H and O–H groups in total. The van der Waals surface area contributed by atoms with E-state index >= 15 is 0 Å². The SMILES string of the molecule is O=C(Cc1cccc(C(F)(F)F)c1F)Nc1cnc(-n2cnc([C@H]3CCCN3)c2)c(F)c1. The van der Waals surface area contributed by atoms with Crippen LogP contribution in [0, 0.1) is 11.6 Å². The number of amides is 1. The number of carbonyl (C=O) groups is 1. The molecule has 1 amide bonds. The van der Waals surface area contributed by atoms with Crippen LogP contribution in [-0.4, -0.2) is 27.0 Å². The Morgan fingerprint density at radius 1 is 1.25 bits per heavy atom. The fourth-order valence-electron chi connectivity index (χ4n) is 3.57. The first-order valence-corrected chi connectivity index (χ1v) is 9.80. The van der Waals surface area contributed by atoms with Crippen molar-refractivity contribution >= 4 is 11.6 Å². The number of carbonyl (C=O) groups excluding carboxylic acids is 1. The van der Waals surface area contributed by atoms with Gasteiger partial charge in [-0.1, -0.05) is 12.1 Å². The number of pyridine rings is 1. The van der Waals surface area contributed by atoms with Gasteiger partial charge in [0.25, 0.3) is 0 Å². The monoisotopic (exact) mass is 451 g/mol. The van der Waals surface area contributed by atoms with Crippen molar-refractivity contribution in [1.29, 1.82) is 0 Å². The summed E-state index contributed by atoms with van der Waals surface area (Å²) in [4.78, 5) is 20.5. The lowest BCUT2D eigenvalue weighted by molar-refractivity contribution is -0.140. The lowest BCUT2D eigenvalue weighted by Gasteiger charge is -2.11. The number of anilines is 1. The van der Waals surface area contributed by atoms with E-state index in [9.17, 15) is 26.7 Å². The Hall–Kier alpha value is -3.34. The molecule has 0 aliphatic carbocycles. The molecule has 1 aromatic carbocycles. The number of benzene rings is 1. The molecule has 1 fully saturated rings. The highest BCUT2D eigenvalue weighted by molar-refractivity contribution is 5.92. The molecule has 0 radical (unpaired) electrons. The molecule has 4 rings (SSSR count). The summed E-state index contributed by atoms with van der Waals surface area (Å²) in [7, 11) is 0. The molecule has 168 valence electrons. The Morgan fingerprint density at radius 3 is 2.75 bits per heavy atom. The van der Waals surface area contributed by atoms with Crippen LogP contribution in [0.5, 0.6) is 0 Å². The van der Waals surface area contributed by atoms with Crippen molar-refractivity contribution in [1.82, 2.24) is 19.9 Å². The number of hydrogen-bond donors (Lipinski definition) is 2. The van der Waals surface area contributed by atoms with Crippen molar-refractivity contribution in [2.45, 2.75) is 31.5 Å². The van der Waals surface area contributed by atoms with Gasteiger partial charge in [0.05, 0.1) is 35.6 Å². The van der Waals surface area contributed by atoms with Crippen LogP contribution in [0.2, 0.25) is 0 Å². The molecule has 1 atom stereocenters. The molecule has 32 heavy (non-hydrogen) atoms. The number of alkyl halides is 3. The van der Waals surface area contributed by atoms with Gasteiger partial charge in [-0.15, -0.1) is 0 Å². The number of nitrogens with zero attached hydrogens (tertiary/aromatic N) is 3. The highest BCUT2D eigenvalue weighted by Crippen LogP contribution is 2.32. The topological polar surface area (TPSA) is 71.8 Å². The van der Waals surface area contributed by atoms with Gasteiger partial charge in [0.15, 0.2) is 11.6 Å². The van der Waals surface area contributed by atoms with Gasteiger partial charge in [-0.25, -0.2) is 18.7 Å². The minimum absolute atomic E-state index is 0.0126. The van der Waals surface area contributed by atoms with Gasteiger partial charge in [0.1, 0.15) is 12.1 Å². The summed E-state index contributed by atoms with van der Waals surface area (Å²) >= 11 is 0. The summed E-state index contributed by atoms with van der Waals surface area (Å²) in [5, 5.41) is 5.61. The number of hydrogen-bond acceptors (Lipinski definition) is 4. The Kier molecular flexibility index (Phi) is 5.92. The van der Waals surface area contributed by atoms with Crippen molar-refractivity contribution in [3.05, 3.63) is 71.4 Å². The fourth-order valence-corrected chi connectivity index (χ4v) is 3.57. The molecule has 1 aliphatic rings. The van der Waals surface area contributed by atoms with Crippen LogP contribution in [0.4, 0.5) is 27.6 Å². The van der Waals surface area contributed by atoms with Gasteiger partial charge in [-0.3, -0.25) is 9.36 Å². The lowest BCUT2D eigenvalue weighted by atomic mass is 10.1. The van der Waals surface area contributed by atoms with Gasteiger partial charge in [0.2, 0.25) is 5.91 Å². The normalized spacial score (nSPS) is 16.3. The minimum atomic E-state index is -4.87. The number of aromatic nitrogens is 3. The number of imidazole rings is 1. The van der Waals surface area contributed by atoms with Gasteiger partial charge in [-0.05, 0) is 31.0 Å². The smallest absolute Gasteiger partial charge is 0.324 e. The number of rotatable bonds is 5. The van der Waals surface area contributed by atoms with E-state index in [4.69, 9.17) is 0 Å². The minimum Gasteiger partial charge on any atom is -0.324 e. The maximum atomic E-state index is 14.6. The standard InChI is InChI=1S/C21H18F5N5O/c22-15-8-13(9-28-20(15)31-10-17(29-11-31)16-5-2-6-27-16)30-18(32)7-12-3-1-4-14(19(12)23)21(24,25)26/h1,3-4,8-11,16,27H,2,5-7H2,(H,30,32)/t16-/m1/s1. The van der Waals surface area contributed by atoms with Crippen molar-refractivity contribution in [3.63, 3.8) is 0 Å². The van der Waals surface area contributed by atoms with E-state index in [1.807, 2.05) is 0 Å². The Morgan fingerprint density at radius 2 is 2.06 bits per heavy atom. The second-order valence-electron chi connectivity index (χ2n) is 7.39. The van der Waals surface area contributed by atoms with Crippen LogP contribution in [-0.2, 0) is 17.4 Å². The molecule has 3 heterocycles. The average Bonchev–Trinajstić information content (AvgIpc) is 3.40. The van der Waals surface area contributed by atoms with Crippen LogP contribution in [0.25, 0.3) is 5.82 Å². The second-order valence-corrected chi connectivity index (χ2v) is 7.39. The zero-order valence-corrected chi connectivity index (χ0v) is 16.6. The first-order chi connectivity index (χ1) is 15.2. The van der Waals surface area contributed by atoms with E-state index in [0.717, 1.165) is 43.3 Å². The van der Waals surface area contributed by atoms with E-state index in [1.54, 1.807) is 6.20 Å². The summed E-state index contributed by atoms with van der Waals surface area (Å²) in [6.45, 7) is 0.892. The maximum Gasteiger partial charge on any atom is 0.419 e. The van der Waals surface area contributed by atoms with E-state index in [0.29, 0.717) is 6.07 Å². The summed E-state index contributed by atoms with van der Waals surface area (Å²) < 4.78 is 68.6. The molecule has 2 aromatic heterocycles. The summed E-state index contributed by atoms with van der Waals surface area (Å²) in [5.74, 6) is -3.09. The Labute approximate surface area is 179 Å². The third-order valence-electron chi connectivity index (χ3n) is 5.11. The highest BCUT2D eigenvalue weighted by atomic mass is 19.4.